The normalized spacial score (nSPS) is 22.0. The Morgan fingerprint density at radius 2 is 0.938 bits per heavy atom. The third-order valence-corrected chi connectivity index (χ3v) is 12.2. The van der Waals surface area contributed by atoms with Gasteiger partial charge in [0, 0.05) is 54.1 Å². The number of nitrogens with one attached hydrogen (secondary N) is 2. The van der Waals surface area contributed by atoms with Gasteiger partial charge in [0.1, 0.15) is 48.3 Å². The molecule has 6 heterocycles. The Hall–Kier alpha value is -5.82. The van der Waals surface area contributed by atoms with Crippen molar-refractivity contribution in [3.63, 3.8) is 0 Å². The van der Waals surface area contributed by atoms with Crippen LogP contribution >= 0.6 is 0 Å². The van der Waals surface area contributed by atoms with Crippen molar-refractivity contribution in [2.75, 3.05) is 63.2 Å². The van der Waals surface area contributed by atoms with Gasteiger partial charge in [0.05, 0.1) is 49.9 Å². The fraction of sp³-hybridized carbons (Fsp3) is 0.391. The van der Waals surface area contributed by atoms with Crippen LogP contribution in [-0.2, 0) is 9.47 Å². The van der Waals surface area contributed by atoms with E-state index >= 15 is 8.78 Å². The Morgan fingerprint density at radius 3 is 1.28 bits per heavy atom. The lowest BCUT2D eigenvalue weighted by molar-refractivity contribution is -0.0807. The van der Waals surface area contributed by atoms with Crippen molar-refractivity contribution >= 4 is 23.3 Å². The van der Waals surface area contributed by atoms with Crippen LogP contribution in [0.4, 0.5) is 49.6 Å². The van der Waals surface area contributed by atoms with E-state index in [0.29, 0.717) is 51.6 Å². The predicted octanol–water partition coefficient (Wildman–Crippen LogP) is 9.23. The lowest BCUT2D eigenvalue weighted by Gasteiger charge is -2.43. The number of benzene rings is 4. The van der Waals surface area contributed by atoms with E-state index in [0.717, 1.165) is 71.7 Å². The van der Waals surface area contributed by atoms with Crippen LogP contribution in [0.5, 0.6) is 0 Å². The maximum Gasteiger partial charge on any atom is 0.246 e. The fourth-order valence-corrected chi connectivity index (χ4v) is 8.83. The minimum absolute atomic E-state index is 0. The van der Waals surface area contributed by atoms with E-state index in [9.17, 15) is 17.6 Å². The van der Waals surface area contributed by atoms with E-state index in [-0.39, 0.29) is 40.8 Å². The first-order chi connectivity index (χ1) is 30.9. The van der Waals surface area contributed by atoms with Gasteiger partial charge in [-0.25, -0.2) is 35.7 Å². The number of ether oxygens (including phenoxy) is 2. The molecule has 4 aliphatic rings. The van der Waals surface area contributed by atoms with Gasteiger partial charge in [-0.15, -0.1) is 10.2 Å². The lowest BCUT2D eigenvalue weighted by atomic mass is 9.86. The summed E-state index contributed by atoms with van der Waals surface area (Å²) in [7, 11) is 0. The lowest BCUT2D eigenvalue weighted by Crippen LogP contribution is -2.54. The first-order valence-electron chi connectivity index (χ1n) is 21.3. The van der Waals surface area contributed by atoms with E-state index in [1.54, 1.807) is 0 Å². The van der Waals surface area contributed by atoms with Crippen LogP contribution in [0.3, 0.4) is 0 Å². The van der Waals surface area contributed by atoms with Crippen LogP contribution < -0.4 is 10.6 Å². The number of hydrogen-bond donors (Lipinski definition) is 2. The molecule has 0 saturated carbocycles. The molecule has 0 amide bonds. The summed E-state index contributed by atoms with van der Waals surface area (Å²) >= 11 is 0. The monoisotopic (exact) mass is 894 g/mol. The molecule has 12 nitrogen and oxygen atoms in total. The van der Waals surface area contributed by atoms with Crippen LogP contribution in [0.25, 0.3) is 11.4 Å². The second-order valence-corrected chi connectivity index (χ2v) is 17.0. The van der Waals surface area contributed by atoms with Crippen LogP contribution in [0.1, 0.15) is 52.6 Å². The number of aryl methyl sites for hydroxylation is 2. The topological polar surface area (TPSA) is 110 Å². The van der Waals surface area contributed by atoms with Crippen molar-refractivity contribution < 1.29 is 41.5 Å². The van der Waals surface area contributed by atoms with Gasteiger partial charge in [-0.05, 0) is 111 Å². The summed E-state index contributed by atoms with van der Waals surface area (Å²) in [6.45, 7) is 9.24. The summed E-state index contributed by atoms with van der Waals surface area (Å²) in [6.07, 6.45) is 2.37. The number of likely N-dealkylation sites (tertiary alicyclic amines) is 2. The van der Waals surface area contributed by atoms with Gasteiger partial charge in [0.15, 0.2) is 0 Å². The maximum atomic E-state index is 15.1. The molecule has 4 saturated heterocycles. The highest BCUT2D eigenvalue weighted by atomic mass is 19.2. The number of anilines is 4. The largest absolute Gasteiger partial charge is 0.378 e. The third kappa shape index (κ3) is 10.1. The minimum Gasteiger partial charge on any atom is -0.378 e. The standard InChI is InChI=1S/2C23H24F3N5O.4H2/c2*1-14-4-15(21-2-3-30(10-22(21)26)20-11-32-12-20)6-18(5-14)28-23-27-13-31(29-23)19-8-16(24)7-17(25)9-19;;;;/h2*4-9,13,20-22H,2-3,10-12H2,1H3,(H,28,29);4*1H/t2*21-,22?;;;;/m10..../s1. The first-order valence-corrected chi connectivity index (χ1v) is 21.3. The molecule has 2 unspecified atom stereocenters. The van der Waals surface area contributed by atoms with Crippen molar-refractivity contribution in [1.82, 2.24) is 39.3 Å². The highest BCUT2D eigenvalue weighted by molar-refractivity contribution is 5.58. The van der Waals surface area contributed by atoms with Crippen LogP contribution in [0.15, 0.2) is 85.5 Å². The molecule has 4 aromatic carbocycles. The molecule has 10 rings (SSSR count). The number of aromatic nitrogens is 6. The molecule has 344 valence electrons. The van der Waals surface area contributed by atoms with Crippen LogP contribution in [0, 0.1) is 37.1 Å². The van der Waals surface area contributed by atoms with Crippen molar-refractivity contribution in [3.8, 4) is 11.4 Å². The maximum absolute atomic E-state index is 15.1. The van der Waals surface area contributed by atoms with Crippen molar-refractivity contribution in [2.45, 2.75) is 63.0 Å². The summed E-state index contributed by atoms with van der Waals surface area (Å²) in [5, 5.41) is 14.8. The zero-order valence-electron chi connectivity index (χ0n) is 35.3. The second-order valence-electron chi connectivity index (χ2n) is 17.0. The van der Waals surface area contributed by atoms with Gasteiger partial charge in [-0.2, -0.15) is 9.97 Å². The van der Waals surface area contributed by atoms with E-state index in [4.69, 9.17) is 9.47 Å². The van der Waals surface area contributed by atoms with E-state index in [1.807, 2.05) is 50.2 Å². The molecule has 2 N–H and O–H groups in total. The van der Waals surface area contributed by atoms with Crippen LogP contribution in [0.2, 0.25) is 0 Å². The molecule has 2 aromatic heterocycles. The summed E-state index contributed by atoms with van der Waals surface area (Å²) in [4.78, 5) is 12.7. The highest BCUT2D eigenvalue weighted by Crippen LogP contribution is 2.36. The molecule has 0 aliphatic carbocycles. The fourth-order valence-electron chi connectivity index (χ4n) is 8.83. The summed E-state index contributed by atoms with van der Waals surface area (Å²) in [5.74, 6) is -2.54. The predicted molar refractivity (Wildman–Crippen MR) is 237 cm³/mol. The van der Waals surface area contributed by atoms with E-state index < -0.39 is 35.6 Å². The molecule has 6 aromatic rings. The van der Waals surface area contributed by atoms with Gasteiger partial charge in [-0.3, -0.25) is 9.80 Å². The van der Waals surface area contributed by atoms with Gasteiger partial charge in [0.2, 0.25) is 11.9 Å². The number of alkyl halides is 2. The van der Waals surface area contributed by atoms with Gasteiger partial charge in [-0.1, -0.05) is 12.1 Å². The van der Waals surface area contributed by atoms with Gasteiger partial charge >= 0.3 is 0 Å². The molecular formula is C46H56F6N10O2. The summed E-state index contributed by atoms with van der Waals surface area (Å²) < 4.78 is 97.2. The average molecular weight is 895 g/mol. The Kier molecular flexibility index (Phi) is 12.7. The van der Waals surface area contributed by atoms with Gasteiger partial charge in [0.25, 0.3) is 0 Å². The van der Waals surface area contributed by atoms with E-state index in [1.165, 1.54) is 46.3 Å². The quantitative estimate of drug-likeness (QED) is 0.129. The SMILES string of the molecule is Cc1cc(Nc2ncn(-c3cc(F)cc(F)c3)n2)cc([C@@H]2CCN(C3COC3)CC2F)c1.Cc1cc(Nc2ncn(-c3cc(F)cc(F)c3)n2)cc([C@H]2CCN(C3COC3)CC2F)c1.[HH].[HH].[HH].[HH]. The second kappa shape index (κ2) is 18.7. The van der Waals surface area contributed by atoms with Crippen molar-refractivity contribution in [1.29, 1.82) is 0 Å². The van der Waals surface area contributed by atoms with Crippen molar-refractivity contribution in [3.05, 3.63) is 131 Å². The third-order valence-electron chi connectivity index (χ3n) is 12.2. The Balaban J connectivity index is 0.000000240. The number of piperidine rings is 2. The highest BCUT2D eigenvalue weighted by Gasteiger charge is 2.37. The summed E-state index contributed by atoms with van der Waals surface area (Å²) in [5.41, 5.74) is 5.83. The zero-order valence-corrected chi connectivity index (χ0v) is 35.3. The van der Waals surface area contributed by atoms with Crippen molar-refractivity contribution in [2.24, 2.45) is 0 Å². The molecule has 4 fully saturated rings. The number of rotatable bonds is 10. The molecule has 0 radical (unpaired) electrons. The smallest absolute Gasteiger partial charge is 0.246 e. The molecule has 64 heavy (non-hydrogen) atoms. The van der Waals surface area contributed by atoms with Gasteiger partial charge < -0.3 is 20.1 Å². The zero-order chi connectivity index (χ0) is 44.5. The Bertz CT molecular complexity index is 2390. The number of nitrogens with zero attached hydrogens (tertiary/aromatic N) is 8. The molecule has 18 heteroatoms. The van der Waals surface area contributed by atoms with E-state index in [2.05, 4.69) is 40.6 Å². The molecular weight excluding hydrogens is 839 g/mol. The first kappa shape index (κ1) is 43.4. The minimum atomic E-state index is -0.945. The summed E-state index contributed by atoms with van der Waals surface area (Å²) in [6, 6.07) is 18.8. The number of hydrogen-bond acceptors (Lipinski definition) is 10. The molecule has 0 spiro atoms. The Labute approximate surface area is 372 Å². The van der Waals surface area contributed by atoms with Crippen LogP contribution in [-0.4, -0.2) is 116 Å². The number of halogens is 6. The molecule has 0 bridgehead atoms. The molecule has 4 aliphatic heterocycles. The molecule has 4 atom stereocenters. The average Bonchev–Trinajstić information content (AvgIpc) is 3.86. The Morgan fingerprint density at radius 1 is 0.547 bits per heavy atom.